The zero-order chi connectivity index (χ0) is 23.3. The van der Waals surface area contributed by atoms with Gasteiger partial charge in [-0.3, -0.25) is 9.59 Å². The zero-order valence-corrected chi connectivity index (χ0v) is 18.4. The van der Waals surface area contributed by atoms with Crippen molar-refractivity contribution in [1.82, 2.24) is 5.32 Å². The molecule has 1 fully saturated rings. The number of ketones is 1. The molecule has 0 spiro atoms. The molecule has 0 aliphatic carbocycles. The molecule has 6 nitrogen and oxygen atoms in total. The van der Waals surface area contributed by atoms with E-state index in [4.69, 9.17) is 12.2 Å². The summed E-state index contributed by atoms with van der Waals surface area (Å²) >= 11 is 5.09. The average molecular weight is 463 g/mol. The molecule has 1 amide bonds. The van der Waals surface area contributed by atoms with Gasteiger partial charge < -0.3 is 5.32 Å². The lowest BCUT2D eigenvalue weighted by molar-refractivity contribution is -0.124. The molecule has 1 N–H and O–H groups in total. The minimum atomic E-state index is -3.94. The largest absolute Gasteiger partial charge is 0.316 e. The van der Waals surface area contributed by atoms with Gasteiger partial charge in [-0.2, -0.15) is 5.26 Å². The second-order valence-electron chi connectivity index (χ2n) is 6.92. The Hall–Kier alpha value is -3.67. The van der Waals surface area contributed by atoms with Gasteiger partial charge in [-0.05, 0) is 41.8 Å². The fourth-order valence-electron chi connectivity index (χ4n) is 3.11. The van der Waals surface area contributed by atoms with E-state index in [-0.39, 0.29) is 21.2 Å². The van der Waals surface area contributed by atoms with Crippen LogP contribution >= 0.6 is 12.2 Å². The van der Waals surface area contributed by atoms with E-state index in [2.05, 4.69) is 11.9 Å². The van der Waals surface area contributed by atoms with Crippen molar-refractivity contribution in [2.75, 3.05) is 0 Å². The van der Waals surface area contributed by atoms with Gasteiger partial charge in [0.1, 0.15) is 11.0 Å². The first-order valence-corrected chi connectivity index (χ1v) is 11.4. The molecule has 1 aliphatic rings. The van der Waals surface area contributed by atoms with Gasteiger partial charge in [0.05, 0.1) is 21.4 Å². The van der Waals surface area contributed by atoms with Crippen LogP contribution in [0.2, 0.25) is 0 Å². The quantitative estimate of drug-likeness (QED) is 0.231. The molecule has 1 saturated heterocycles. The second-order valence-corrected chi connectivity index (χ2v) is 9.28. The number of Topliss-reactive ketones (excluding diaryl/α,β-unsaturated/α-hetero) is 1. The summed E-state index contributed by atoms with van der Waals surface area (Å²) in [5.41, 5.74) is 1.03. The highest BCUT2D eigenvalue weighted by Gasteiger charge is 2.35. The van der Waals surface area contributed by atoms with Gasteiger partial charge in [-0.1, -0.05) is 60.8 Å². The number of nitrogens with one attached hydrogen (secondary N) is 1. The number of rotatable bonds is 6. The van der Waals surface area contributed by atoms with Gasteiger partial charge >= 0.3 is 0 Å². The normalized spacial score (nSPS) is 18.2. The van der Waals surface area contributed by atoms with E-state index in [9.17, 15) is 23.3 Å². The van der Waals surface area contributed by atoms with Crippen molar-refractivity contribution in [2.45, 2.75) is 11.3 Å². The van der Waals surface area contributed by atoms with Gasteiger partial charge in [-0.15, -0.1) is 6.58 Å². The SMILES string of the molecule is C=CCC1C(=O)C(=Cc2ccc(C=C(C#N)S(=O)(=O)c3ccccc3)cc2)C(=O)NC1=S. The number of nitrogens with zero attached hydrogens (tertiary/aromatic N) is 1. The van der Waals surface area contributed by atoms with Crippen LogP contribution in [0.3, 0.4) is 0 Å². The van der Waals surface area contributed by atoms with Gasteiger partial charge in [0.15, 0.2) is 5.78 Å². The van der Waals surface area contributed by atoms with Crippen LogP contribution < -0.4 is 5.32 Å². The molecule has 1 heterocycles. The molecule has 3 rings (SSSR count). The van der Waals surface area contributed by atoms with Crippen LogP contribution in [0.1, 0.15) is 17.5 Å². The summed E-state index contributed by atoms with van der Waals surface area (Å²) in [5, 5.41) is 11.9. The van der Waals surface area contributed by atoms with E-state index >= 15 is 0 Å². The Balaban J connectivity index is 1.90. The number of hydrogen-bond acceptors (Lipinski definition) is 6. The highest BCUT2D eigenvalue weighted by molar-refractivity contribution is 7.95. The maximum absolute atomic E-state index is 12.7. The molecule has 0 bridgehead atoms. The number of nitriles is 1. The molecule has 32 heavy (non-hydrogen) atoms. The summed E-state index contributed by atoms with van der Waals surface area (Å²) in [4.78, 5) is 24.7. The molecular weight excluding hydrogens is 444 g/mol. The third kappa shape index (κ3) is 4.80. The van der Waals surface area contributed by atoms with Crippen molar-refractivity contribution in [2.24, 2.45) is 5.92 Å². The van der Waals surface area contributed by atoms with Crippen LogP contribution in [0.15, 0.2) is 82.6 Å². The molecule has 1 aliphatic heterocycles. The van der Waals surface area contributed by atoms with Crippen molar-refractivity contribution in [3.05, 3.63) is 88.9 Å². The second kappa shape index (κ2) is 9.64. The predicted molar refractivity (Wildman–Crippen MR) is 126 cm³/mol. The van der Waals surface area contributed by atoms with Crippen LogP contribution in [-0.2, 0) is 19.4 Å². The maximum Gasteiger partial charge on any atom is 0.259 e. The molecule has 1 unspecified atom stereocenters. The first-order valence-electron chi connectivity index (χ1n) is 9.52. The highest BCUT2D eigenvalue weighted by atomic mass is 32.2. The smallest absolute Gasteiger partial charge is 0.259 e. The zero-order valence-electron chi connectivity index (χ0n) is 16.8. The number of benzene rings is 2. The van der Waals surface area contributed by atoms with Crippen LogP contribution in [0.5, 0.6) is 0 Å². The number of amides is 1. The maximum atomic E-state index is 12.7. The van der Waals surface area contributed by atoms with Crippen molar-refractivity contribution in [3.63, 3.8) is 0 Å². The van der Waals surface area contributed by atoms with Gasteiger partial charge in [0, 0.05) is 0 Å². The van der Waals surface area contributed by atoms with E-state index in [0.29, 0.717) is 17.5 Å². The van der Waals surface area contributed by atoms with Crippen LogP contribution in [0.25, 0.3) is 12.2 Å². The molecule has 2 aromatic rings. The number of sulfone groups is 1. The molecule has 8 heteroatoms. The van der Waals surface area contributed by atoms with Crippen molar-refractivity contribution < 1.29 is 18.0 Å². The summed E-state index contributed by atoms with van der Waals surface area (Å²) in [7, 11) is -3.94. The molecule has 1 atom stereocenters. The minimum absolute atomic E-state index is 0.0156. The monoisotopic (exact) mass is 462 g/mol. The van der Waals surface area contributed by atoms with Gasteiger partial charge in [0.2, 0.25) is 9.84 Å². The number of hydrogen-bond donors (Lipinski definition) is 1. The Morgan fingerprint density at radius 3 is 2.31 bits per heavy atom. The van der Waals surface area contributed by atoms with Gasteiger partial charge in [0.25, 0.3) is 5.91 Å². The summed E-state index contributed by atoms with van der Waals surface area (Å²) in [6, 6.07) is 15.9. The van der Waals surface area contributed by atoms with Crippen molar-refractivity contribution >= 4 is 50.9 Å². The van der Waals surface area contributed by atoms with Crippen LogP contribution in [0.4, 0.5) is 0 Å². The number of carbonyl (C=O) groups is 2. The third-order valence-electron chi connectivity index (χ3n) is 4.78. The fourth-order valence-corrected chi connectivity index (χ4v) is 4.58. The number of allylic oxidation sites excluding steroid dienone is 2. The molecule has 0 saturated carbocycles. The Bertz CT molecular complexity index is 1300. The summed E-state index contributed by atoms with van der Waals surface area (Å²) in [6.07, 6.45) is 4.62. The topological polar surface area (TPSA) is 104 Å². The van der Waals surface area contributed by atoms with Crippen LogP contribution in [0, 0.1) is 17.2 Å². The standard InChI is InChI=1S/C24H18N2O4S2/c1-2-6-20-22(27)21(23(28)26-24(20)31)14-17-11-9-16(10-12-17)13-19(15-25)32(29,30)18-7-4-3-5-8-18/h2-5,7-14,20H,1,6H2,(H,26,28,31). The molecular formula is C24H18N2O4S2. The summed E-state index contributed by atoms with van der Waals surface area (Å²) < 4.78 is 25.4. The van der Waals surface area contributed by atoms with Crippen molar-refractivity contribution in [1.29, 1.82) is 5.26 Å². The highest BCUT2D eigenvalue weighted by Crippen LogP contribution is 2.23. The predicted octanol–water partition coefficient (Wildman–Crippen LogP) is 3.63. The first kappa shape index (κ1) is 23.0. The van der Waals surface area contributed by atoms with Crippen LogP contribution in [-0.4, -0.2) is 25.1 Å². The minimum Gasteiger partial charge on any atom is -0.316 e. The fraction of sp³-hybridized carbons (Fsp3) is 0.0833. The molecule has 0 radical (unpaired) electrons. The number of piperidine rings is 1. The van der Waals surface area contributed by atoms with E-state index in [0.717, 1.165) is 0 Å². The Labute approximate surface area is 191 Å². The van der Waals surface area contributed by atoms with E-state index < -0.39 is 26.6 Å². The summed E-state index contributed by atoms with van der Waals surface area (Å²) in [6.45, 7) is 3.61. The van der Waals surface area contributed by atoms with E-state index in [1.807, 2.05) is 0 Å². The lowest BCUT2D eigenvalue weighted by atomic mass is 9.89. The number of thiocarbonyl (C=S) groups is 1. The summed E-state index contributed by atoms with van der Waals surface area (Å²) in [5.74, 6) is -1.57. The van der Waals surface area contributed by atoms with Gasteiger partial charge in [-0.25, -0.2) is 8.42 Å². The Morgan fingerprint density at radius 1 is 1.09 bits per heavy atom. The lowest BCUT2D eigenvalue weighted by Crippen LogP contribution is -2.46. The Morgan fingerprint density at radius 2 is 1.72 bits per heavy atom. The lowest BCUT2D eigenvalue weighted by Gasteiger charge is -2.23. The molecule has 160 valence electrons. The average Bonchev–Trinajstić information content (AvgIpc) is 2.79. The molecule has 2 aromatic carbocycles. The number of carbonyl (C=O) groups excluding carboxylic acids is 2. The molecule has 0 aromatic heterocycles. The van der Waals surface area contributed by atoms with E-state index in [1.54, 1.807) is 54.6 Å². The Kier molecular flexibility index (Phi) is 6.93. The van der Waals surface area contributed by atoms with Crippen molar-refractivity contribution in [3.8, 4) is 6.07 Å². The van der Waals surface area contributed by atoms with E-state index in [1.165, 1.54) is 24.3 Å². The first-order chi connectivity index (χ1) is 15.3. The third-order valence-corrected chi connectivity index (χ3v) is 6.85.